The van der Waals surface area contributed by atoms with E-state index < -0.39 is 24.0 Å². The first-order valence-electron chi connectivity index (χ1n) is 9.50. The van der Waals surface area contributed by atoms with Gasteiger partial charge in [-0.2, -0.15) is 11.8 Å². The van der Waals surface area contributed by atoms with Gasteiger partial charge in [0.2, 0.25) is 11.8 Å². The predicted molar refractivity (Wildman–Crippen MR) is 113 cm³/mol. The number of carbonyl (C=O) groups excluding carboxylic acids is 2. The normalized spacial score (nSPS) is 12.6. The highest BCUT2D eigenvalue weighted by molar-refractivity contribution is 7.98. The van der Waals surface area contributed by atoms with Crippen LogP contribution in [0.1, 0.15) is 32.8 Å². The molecule has 2 amide bonds. The van der Waals surface area contributed by atoms with E-state index in [0.717, 1.165) is 0 Å². The lowest BCUT2D eigenvalue weighted by Gasteiger charge is -2.21. The molecule has 0 spiro atoms. The van der Waals surface area contributed by atoms with Gasteiger partial charge in [-0.25, -0.2) is 4.79 Å². The van der Waals surface area contributed by atoms with Crippen LogP contribution in [0.25, 0.3) is 0 Å². The van der Waals surface area contributed by atoms with Crippen LogP contribution in [0.3, 0.4) is 0 Å². The van der Waals surface area contributed by atoms with E-state index in [1.165, 1.54) is 6.92 Å². The van der Waals surface area contributed by atoms with E-state index >= 15 is 0 Å². The molecule has 0 aliphatic carbocycles. The number of nitrogens with one attached hydrogen (secondary N) is 2. The molecule has 1 aromatic rings. The highest BCUT2D eigenvalue weighted by atomic mass is 32.2. The summed E-state index contributed by atoms with van der Waals surface area (Å²) in [7, 11) is 0. The maximum Gasteiger partial charge on any atom is 0.326 e. The molecule has 0 aliphatic rings. The second-order valence-electron chi connectivity index (χ2n) is 6.29. The highest BCUT2D eigenvalue weighted by Gasteiger charge is 2.26. The van der Waals surface area contributed by atoms with Gasteiger partial charge in [0.25, 0.3) is 0 Å². The van der Waals surface area contributed by atoms with E-state index in [1.54, 1.807) is 30.0 Å². The fourth-order valence-corrected chi connectivity index (χ4v) is 3.15. The zero-order valence-electron chi connectivity index (χ0n) is 17.3. The van der Waals surface area contributed by atoms with Gasteiger partial charge >= 0.3 is 5.97 Å². The summed E-state index contributed by atoms with van der Waals surface area (Å²) in [5.74, 6) is -0.248. The minimum Gasteiger partial charge on any atom is -0.490 e. The molecule has 3 N–H and O–H groups in total. The molecule has 1 aromatic carbocycles. The highest BCUT2D eigenvalue weighted by Crippen LogP contribution is 2.29. The summed E-state index contributed by atoms with van der Waals surface area (Å²) >= 11 is 1.54. The van der Waals surface area contributed by atoms with Crippen molar-refractivity contribution in [3.63, 3.8) is 0 Å². The fourth-order valence-electron chi connectivity index (χ4n) is 2.68. The molecule has 0 bridgehead atoms. The summed E-state index contributed by atoms with van der Waals surface area (Å²) < 4.78 is 11.1. The first-order valence-corrected chi connectivity index (χ1v) is 10.9. The number of amides is 2. The van der Waals surface area contributed by atoms with E-state index in [4.69, 9.17) is 9.47 Å². The van der Waals surface area contributed by atoms with Crippen molar-refractivity contribution in [1.29, 1.82) is 0 Å². The molecule has 0 saturated carbocycles. The third kappa shape index (κ3) is 8.64. The van der Waals surface area contributed by atoms with Gasteiger partial charge in [-0.1, -0.05) is 6.07 Å². The van der Waals surface area contributed by atoms with Gasteiger partial charge in [-0.3, -0.25) is 9.59 Å². The van der Waals surface area contributed by atoms with Crippen LogP contribution in [-0.2, 0) is 20.8 Å². The Balaban J connectivity index is 2.94. The summed E-state index contributed by atoms with van der Waals surface area (Å²) in [6.45, 7) is 5.95. The number of carboxylic acid groups (broad SMARTS) is 1. The molecule has 9 heteroatoms. The lowest BCUT2D eigenvalue weighted by molar-refractivity contribution is -0.142. The quantitative estimate of drug-likeness (QED) is 0.441. The molecule has 8 nitrogen and oxygen atoms in total. The molecular weight excluding hydrogens is 396 g/mol. The van der Waals surface area contributed by atoms with Gasteiger partial charge in [0.05, 0.1) is 13.2 Å². The SMILES string of the molecule is CCOc1ccc(CC(NC(=O)[C@H](CCSC)NC(C)=O)C(=O)O)cc1OCC. The van der Waals surface area contributed by atoms with Gasteiger partial charge in [0.15, 0.2) is 11.5 Å². The Hall–Kier alpha value is -2.42. The summed E-state index contributed by atoms with van der Waals surface area (Å²) in [6.07, 6.45) is 2.38. The lowest BCUT2D eigenvalue weighted by atomic mass is 10.0. The van der Waals surface area contributed by atoms with Gasteiger partial charge in [-0.15, -0.1) is 0 Å². The van der Waals surface area contributed by atoms with E-state index in [1.807, 2.05) is 20.1 Å². The number of thioether (sulfide) groups is 1. The van der Waals surface area contributed by atoms with Crippen molar-refractivity contribution >= 4 is 29.5 Å². The van der Waals surface area contributed by atoms with Gasteiger partial charge in [-0.05, 0) is 50.0 Å². The Morgan fingerprint density at radius 2 is 1.72 bits per heavy atom. The summed E-state index contributed by atoms with van der Waals surface area (Å²) in [6, 6.07) is 3.27. The summed E-state index contributed by atoms with van der Waals surface area (Å²) in [4.78, 5) is 35.6. The number of benzene rings is 1. The van der Waals surface area contributed by atoms with Crippen molar-refractivity contribution in [3.8, 4) is 11.5 Å². The average molecular weight is 427 g/mol. The topological polar surface area (TPSA) is 114 Å². The number of hydrogen-bond acceptors (Lipinski definition) is 6. The third-order valence-electron chi connectivity index (χ3n) is 3.97. The zero-order valence-corrected chi connectivity index (χ0v) is 18.1. The lowest BCUT2D eigenvalue weighted by Crippen LogP contribution is -2.52. The van der Waals surface area contributed by atoms with Crippen molar-refractivity contribution < 1.29 is 29.0 Å². The smallest absolute Gasteiger partial charge is 0.326 e. The second kappa shape index (κ2) is 12.9. The number of carboxylic acids is 1. The van der Waals surface area contributed by atoms with E-state index in [0.29, 0.717) is 42.4 Å². The van der Waals surface area contributed by atoms with Crippen LogP contribution in [0, 0.1) is 0 Å². The van der Waals surface area contributed by atoms with E-state index in [2.05, 4.69) is 10.6 Å². The standard InChI is InChI=1S/C20H30N2O6S/c1-5-27-17-8-7-14(12-18(17)28-6-2)11-16(20(25)26)22-19(24)15(9-10-29-4)21-13(3)23/h7-8,12,15-16H,5-6,9-11H2,1-4H3,(H,21,23)(H,22,24)(H,25,26)/t15-,16?/m0/s1. The van der Waals surface area contributed by atoms with Crippen LogP contribution in [0.5, 0.6) is 11.5 Å². The zero-order chi connectivity index (χ0) is 21.8. The van der Waals surface area contributed by atoms with Crippen LogP contribution in [0.15, 0.2) is 18.2 Å². The molecule has 0 aliphatic heterocycles. The Morgan fingerprint density at radius 1 is 1.07 bits per heavy atom. The average Bonchev–Trinajstić information content (AvgIpc) is 2.66. The van der Waals surface area contributed by atoms with Crippen molar-refractivity contribution in [3.05, 3.63) is 23.8 Å². The second-order valence-corrected chi connectivity index (χ2v) is 7.27. The molecular formula is C20H30N2O6S. The Morgan fingerprint density at radius 3 is 2.28 bits per heavy atom. The minimum atomic E-state index is -1.16. The first kappa shape index (κ1) is 24.6. The molecule has 0 fully saturated rings. The summed E-state index contributed by atoms with van der Waals surface area (Å²) in [5, 5.41) is 14.7. The van der Waals surface area contributed by atoms with Gasteiger partial charge in [0.1, 0.15) is 12.1 Å². The number of aliphatic carboxylic acids is 1. The molecule has 1 rings (SSSR count). The molecule has 2 atom stereocenters. The maximum atomic E-state index is 12.6. The van der Waals surface area contributed by atoms with Crippen LogP contribution < -0.4 is 20.1 Å². The maximum absolute atomic E-state index is 12.6. The number of carbonyl (C=O) groups is 3. The molecule has 162 valence electrons. The van der Waals surface area contributed by atoms with Gasteiger partial charge < -0.3 is 25.2 Å². The molecule has 1 unspecified atom stereocenters. The summed E-state index contributed by atoms with van der Waals surface area (Å²) in [5.41, 5.74) is 0.685. The van der Waals surface area contributed by atoms with Crippen molar-refractivity contribution in [2.75, 3.05) is 25.2 Å². The fraction of sp³-hybridized carbons (Fsp3) is 0.550. The largest absolute Gasteiger partial charge is 0.490 e. The van der Waals surface area contributed by atoms with Crippen LogP contribution in [0.4, 0.5) is 0 Å². The molecule has 0 heterocycles. The van der Waals surface area contributed by atoms with Crippen molar-refractivity contribution in [2.24, 2.45) is 0 Å². The first-order chi connectivity index (χ1) is 13.8. The monoisotopic (exact) mass is 426 g/mol. The van der Waals surface area contributed by atoms with Crippen molar-refractivity contribution in [2.45, 2.75) is 45.7 Å². The Kier molecular flexibility index (Phi) is 11.0. The van der Waals surface area contributed by atoms with E-state index in [9.17, 15) is 19.5 Å². The molecule has 29 heavy (non-hydrogen) atoms. The van der Waals surface area contributed by atoms with Gasteiger partial charge in [0, 0.05) is 13.3 Å². The van der Waals surface area contributed by atoms with Crippen LogP contribution in [-0.4, -0.2) is 60.2 Å². The Labute approximate surface area is 175 Å². The Bertz CT molecular complexity index is 698. The minimum absolute atomic E-state index is 0.0723. The van der Waals surface area contributed by atoms with Crippen LogP contribution >= 0.6 is 11.8 Å². The third-order valence-corrected chi connectivity index (χ3v) is 4.61. The van der Waals surface area contributed by atoms with Crippen molar-refractivity contribution in [1.82, 2.24) is 10.6 Å². The number of hydrogen-bond donors (Lipinski definition) is 3. The molecule has 0 radical (unpaired) electrons. The molecule has 0 aromatic heterocycles. The van der Waals surface area contributed by atoms with Crippen LogP contribution in [0.2, 0.25) is 0 Å². The molecule has 0 saturated heterocycles. The number of ether oxygens (including phenoxy) is 2. The van der Waals surface area contributed by atoms with E-state index in [-0.39, 0.29) is 12.3 Å². The predicted octanol–water partition coefficient (Wildman–Crippen LogP) is 1.85. The number of rotatable bonds is 13.